The van der Waals surface area contributed by atoms with Gasteiger partial charge in [0.05, 0.1) is 5.41 Å². The highest BCUT2D eigenvalue weighted by Gasteiger charge is 2.46. The Hall–Kier alpha value is -1.91. The largest absolute Gasteiger partial charge is 0.481 e. The van der Waals surface area contributed by atoms with Gasteiger partial charge in [-0.3, -0.25) is 9.59 Å². The van der Waals surface area contributed by atoms with Crippen LogP contribution in [0.3, 0.4) is 0 Å². The van der Waals surface area contributed by atoms with Crippen LogP contribution in [-0.4, -0.2) is 23.5 Å². The number of carbonyl (C=O) groups excluding carboxylic acids is 1. The fraction of sp³-hybridized carbons (Fsp3) is 0.529. The Balaban J connectivity index is 1.96. The average molecular weight is 307 g/mol. The van der Waals surface area contributed by atoms with E-state index in [1.807, 2.05) is 13.8 Å². The summed E-state index contributed by atoms with van der Waals surface area (Å²) in [5, 5.41) is 12.0. The fourth-order valence-corrected chi connectivity index (χ4v) is 2.86. The number of carboxylic acids is 1. The van der Waals surface area contributed by atoms with E-state index in [9.17, 15) is 19.1 Å². The summed E-state index contributed by atoms with van der Waals surface area (Å²) in [4.78, 5) is 23.3. The summed E-state index contributed by atoms with van der Waals surface area (Å²) in [7, 11) is 0. The van der Waals surface area contributed by atoms with Crippen molar-refractivity contribution in [3.05, 3.63) is 35.6 Å². The molecule has 4 nitrogen and oxygen atoms in total. The molecule has 1 saturated carbocycles. The highest BCUT2D eigenvalue weighted by atomic mass is 19.1. The Kier molecular flexibility index (Phi) is 4.54. The molecule has 0 atom stereocenters. The number of hydrogen-bond acceptors (Lipinski definition) is 2. The Morgan fingerprint density at radius 2 is 1.95 bits per heavy atom. The molecule has 0 radical (unpaired) electrons. The predicted molar refractivity (Wildman–Crippen MR) is 81.0 cm³/mol. The smallest absolute Gasteiger partial charge is 0.310 e. The van der Waals surface area contributed by atoms with E-state index < -0.39 is 16.8 Å². The highest BCUT2D eigenvalue weighted by molar-refractivity contribution is 5.85. The van der Waals surface area contributed by atoms with Crippen LogP contribution in [-0.2, 0) is 15.0 Å². The Morgan fingerprint density at radius 1 is 1.32 bits per heavy atom. The van der Waals surface area contributed by atoms with Crippen LogP contribution >= 0.6 is 0 Å². The maximum Gasteiger partial charge on any atom is 0.310 e. The van der Waals surface area contributed by atoms with Crippen LogP contribution in [0.25, 0.3) is 0 Å². The first-order valence-corrected chi connectivity index (χ1v) is 7.52. The zero-order valence-electron chi connectivity index (χ0n) is 13.0. The van der Waals surface area contributed by atoms with Gasteiger partial charge in [-0.05, 0) is 24.5 Å². The molecule has 0 spiro atoms. The van der Waals surface area contributed by atoms with Crippen molar-refractivity contribution in [2.75, 3.05) is 6.54 Å². The zero-order valence-corrected chi connectivity index (χ0v) is 13.0. The summed E-state index contributed by atoms with van der Waals surface area (Å²) in [6.07, 6.45) is 1.94. The van der Waals surface area contributed by atoms with E-state index in [0.717, 1.165) is 6.42 Å². The number of nitrogens with one attached hydrogen (secondary N) is 1. The molecule has 1 aromatic rings. The second kappa shape index (κ2) is 6.07. The van der Waals surface area contributed by atoms with Crippen LogP contribution in [0.2, 0.25) is 0 Å². The van der Waals surface area contributed by atoms with Crippen LogP contribution in [0.15, 0.2) is 24.3 Å². The third-order valence-electron chi connectivity index (χ3n) is 4.59. The van der Waals surface area contributed by atoms with Gasteiger partial charge in [-0.1, -0.05) is 38.5 Å². The van der Waals surface area contributed by atoms with Gasteiger partial charge in [0.1, 0.15) is 5.82 Å². The van der Waals surface area contributed by atoms with Crippen LogP contribution in [0, 0.1) is 11.2 Å². The maximum absolute atomic E-state index is 13.9. The van der Waals surface area contributed by atoms with E-state index in [2.05, 4.69) is 5.32 Å². The first-order valence-electron chi connectivity index (χ1n) is 7.52. The first kappa shape index (κ1) is 16.5. The van der Waals surface area contributed by atoms with Gasteiger partial charge in [-0.15, -0.1) is 0 Å². The third-order valence-corrected chi connectivity index (χ3v) is 4.59. The summed E-state index contributed by atoms with van der Waals surface area (Å²) < 4.78 is 13.9. The molecule has 5 heteroatoms. The van der Waals surface area contributed by atoms with Crippen molar-refractivity contribution in [1.29, 1.82) is 0 Å². The molecular weight excluding hydrogens is 285 g/mol. The van der Waals surface area contributed by atoms with E-state index in [-0.39, 0.29) is 24.7 Å². The maximum atomic E-state index is 13.9. The van der Waals surface area contributed by atoms with Crippen molar-refractivity contribution in [2.45, 2.75) is 44.9 Å². The van der Waals surface area contributed by atoms with Gasteiger partial charge < -0.3 is 10.4 Å². The number of rotatable bonds is 6. The molecule has 0 aliphatic heterocycles. The van der Waals surface area contributed by atoms with Gasteiger partial charge in [0.15, 0.2) is 0 Å². The lowest BCUT2D eigenvalue weighted by Gasteiger charge is -2.37. The molecule has 0 heterocycles. The highest BCUT2D eigenvalue weighted by Crippen LogP contribution is 2.44. The molecule has 120 valence electrons. The molecule has 1 aliphatic rings. The molecule has 1 aromatic carbocycles. The average Bonchev–Trinajstić information content (AvgIpc) is 2.40. The summed E-state index contributed by atoms with van der Waals surface area (Å²) in [5.41, 5.74) is -0.921. The van der Waals surface area contributed by atoms with Crippen molar-refractivity contribution in [2.24, 2.45) is 5.41 Å². The molecule has 22 heavy (non-hydrogen) atoms. The van der Waals surface area contributed by atoms with Crippen LogP contribution in [0.5, 0.6) is 0 Å². The summed E-state index contributed by atoms with van der Waals surface area (Å²) in [6.45, 7) is 3.96. The van der Waals surface area contributed by atoms with Crippen molar-refractivity contribution < 1.29 is 19.1 Å². The molecule has 1 fully saturated rings. The minimum absolute atomic E-state index is 0.00428. The SMILES string of the molecule is CC(C)(CNC(=O)CC1(C(=O)O)CCC1)c1ccccc1F. The van der Waals surface area contributed by atoms with Gasteiger partial charge >= 0.3 is 5.97 Å². The normalized spacial score (nSPS) is 16.7. The first-order chi connectivity index (χ1) is 10.3. The lowest BCUT2D eigenvalue weighted by atomic mass is 9.66. The quantitative estimate of drug-likeness (QED) is 0.849. The van der Waals surface area contributed by atoms with Gasteiger partial charge in [-0.2, -0.15) is 0 Å². The monoisotopic (exact) mass is 307 g/mol. The number of hydrogen-bond donors (Lipinski definition) is 2. The zero-order chi connectivity index (χ0) is 16.4. The lowest BCUT2D eigenvalue weighted by Crippen LogP contribution is -2.44. The van der Waals surface area contributed by atoms with Crippen molar-refractivity contribution in [3.63, 3.8) is 0 Å². The molecule has 2 rings (SSSR count). The minimum atomic E-state index is -0.901. The van der Waals surface area contributed by atoms with E-state index >= 15 is 0 Å². The van der Waals surface area contributed by atoms with E-state index in [1.165, 1.54) is 6.07 Å². The van der Waals surface area contributed by atoms with Crippen LogP contribution in [0.4, 0.5) is 4.39 Å². The second-order valence-corrected chi connectivity index (χ2v) is 6.76. The van der Waals surface area contributed by atoms with Gasteiger partial charge in [-0.25, -0.2) is 4.39 Å². The number of carboxylic acid groups (broad SMARTS) is 1. The van der Waals surface area contributed by atoms with Gasteiger partial charge in [0, 0.05) is 18.4 Å². The van der Waals surface area contributed by atoms with Crippen LogP contribution < -0.4 is 5.32 Å². The van der Waals surface area contributed by atoms with E-state index in [1.54, 1.807) is 18.2 Å². The molecule has 2 N–H and O–H groups in total. The van der Waals surface area contributed by atoms with E-state index in [4.69, 9.17) is 0 Å². The summed E-state index contributed by atoms with van der Waals surface area (Å²) in [5.74, 6) is -1.49. The Labute approximate surface area is 129 Å². The summed E-state index contributed by atoms with van der Waals surface area (Å²) in [6, 6.07) is 6.48. The van der Waals surface area contributed by atoms with Crippen molar-refractivity contribution in [1.82, 2.24) is 5.32 Å². The topological polar surface area (TPSA) is 66.4 Å². The van der Waals surface area contributed by atoms with E-state index in [0.29, 0.717) is 18.4 Å². The van der Waals surface area contributed by atoms with Crippen molar-refractivity contribution >= 4 is 11.9 Å². The fourth-order valence-electron chi connectivity index (χ4n) is 2.86. The molecule has 0 saturated heterocycles. The second-order valence-electron chi connectivity index (χ2n) is 6.76. The predicted octanol–water partition coefficient (Wildman–Crippen LogP) is 2.86. The molecular formula is C17H22FNO3. The molecule has 1 amide bonds. The van der Waals surface area contributed by atoms with Gasteiger partial charge in [0.25, 0.3) is 0 Å². The third kappa shape index (κ3) is 3.29. The molecule has 0 bridgehead atoms. The number of benzene rings is 1. The number of aliphatic carboxylic acids is 1. The number of carbonyl (C=O) groups is 2. The lowest BCUT2D eigenvalue weighted by molar-refractivity contribution is -0.157. The molecule has 1 aliphatic carbocycles. The minimum Gasteiger partial charge on any atom is -0.481 e. The Bertz CT molecular complexity index is 579. The Morgan fingerprint density at radius 3 is 2.45 bits per heavy atom. The van der Waals surface area contributed by atoms with Crippen LogP contribution in [0.1, 0.15) is 45.1 Å². The number of amides is 1. The molecule has 0 unspecified atom stereocenters. The van der Waals surface area contributed by atoms with Crippen molar-refractivity contribution in [3.8, 4) is 0 Å². The van der Waals surface area contributed by atoms with Gasteiger partial charge in [0.2, 0.25) is 5.91 Å². The summed E-state index contributed by atoms with van der Waals surface area (Å²) >= 11 is 0. The number of halogens is 1. The molecule has 0 aromatic heterocycles. The standard InChI is InChI=1S/C17H22FNO3/c1-16(2,12-6-3-4-7-13(12)18)11-19-14(20)10-17(15(21)22)8-5-9-17/h3-4,6-7H,5,8-11H2,1-2H3,(H,19,20)(H,21,22).